The van der Waals surface area contributed by atoms with Crippen molar-refractivity contribution in [3.63, 3.8) is 0 Å². The molecule has 4 atom stereocenters. The molecule has 1 aliphatic carbocycles. The minimum atomic E-state index is -0.481. The molecule has 0 fully saturated rings. The smallest absolute Gasteiger partial charge is 0.237 e. The summed E-state index contributed by atoms with van der Waals surface area (Å²) in [5.74, 6) is -0.508. The van der Waals surface area contributed by atoms with E-state index in [2.05, 4.69) is 43.7 Å². The number of aromatic nitrogens is 4. The highest BCUT2D eigenvalue weighted by atomic mass is 16.2. The number of aryl methyl sites for hydroxylation is 1. The number of hydrogen-bond acceptors (Lipinski definition) is 5. The molecule has 2 aromatic heterocycles. The van der Waals surface area contributed by atoms with E-state index in [9.17, 15) is 14.4 Å². The molecule has 7 heteroatoms. The summed E-state index contributed by atoms with van der Waals surface area (Å²) < 4.78 is 0. The van der Waals surface area contributed by atoms with Gasteiger partial charge in [-0.2, -0.15) is 0 Å². The van der Waals surface area contributed by atoms with E-state index in [4.69, 9.17) is 9.97 Å². The maximum absolute atomic E-state index is 13.5. The molecule has 5 heterocycles. The van der Waals surface area contributed by atoms with Crippen molar-refractivity contribution in [2.75, 3.05) is 0 Å². The van der Waals surface area contributed by atoms with Gasteiger partial charge in [-0.3, -0.25) is 19.4 Å². The van der Waals surface area contributed by atoms with Gasteiger partial charge in [0.2, 0.25) is 11.6 Å². The van der Waals surface area contributed by atoms with Gasteiger partial charge < -0.3 is 9.97 Å². The number of carbonyl (C=O) groups excluding carboxylic acids is 3. The number of ketones is 3. The normalized spacial score (nSPS) is 22.8. The second kappa shape index (κ2) is 9.36. The summed E-state index contributed by atoms with van der Waals surface area (Å²) >= 11 is 0. The summed E-state index contributed by atoms with van der Waals surface area (Å²) in [6.45, 7) is 14.0. The Balaban J connectivity index is 1.80. The maximum Gasteiger partial charge on any atom is 0.237 e. The first-order chi connectivity index (χ1) is 19.1. The Kier molecular flexibility index (Phi) is 6.17. The first kappa shape index (κ1) is 26.4. The van der Waals surface area contributed by atoms with Gasteiger partial charge in [-0.1, -0.05) is 34.1 Å². The molecule has 4 unspecified atom stereocenters. The fourth-order valence-electron chi connectivity index (χ4n) is 7.15. The predicted octanol–water partition coefficient (Wildman–Crippen LogP) is 7.23. The number of nitrogens with zero attached hydrogens (tertiary/aromatic N) is 2. The van der Waals surface area contributed by atoms with Gasteiger partial charge in [0.1, 0.15) is 0 Å². The van der Waals surface area contributed by atoms with E-state index in [0.29, 0.717) is 33.6 Å². The van der Waals surface area contributed by atoms with Crippen molar-refractivity contribution in [2.45, 2.75) is 91.4 Å². The molecule has 0 aromatic carbocycles. The molecular formula is C33H36N4O3. The molecule has 3 aliphatic heterocycles. The van der Waals surface area contributed by atoms with Crippen LogP contribution >= 0.6 is 0 Å². The lowest BCUT2D eigenvalue weighted by Crippen LogP contribution is -2.12. The quantitative estimate of drug-likeness (QED) is 0.401. The average Bonchev–Trinajstić information content (AvgIpc) is 3.63. The summed E-state index contributed by atoms with van der Waals surface area (Å²) in [6, 6.07) is 6.07. The van der Waals surface area contributed by atoms with E-state index in [1.54, 1.807) is 6.92 Å². The third-order valence-corrected chi connectivity index (χ3v) is 9.43. The Morgan fingerprint density at radius 1 is 0.875 bits per heavy atom. The zero-order valence-corrected chi connectivity index (χ0v) is 24.3. The van der Waals surface area contributed by atoms with Crippen molar-refractivity contribution in [3.05, 3.63) is 69.1 Å². The van der Waals surface area contributed by atoms with Crippen molar-refractivity contribution >= 4 is 39.5 Å². The lowest BCUT2D eigenvalue weighted by atomic mass is 9.85. The van der Waals surface area contributed by atoms with Gasteiger partial charge in [0.15, 0.2) is 5.78 Å². The summed E-state index contributed by atoms with van der Waals surface area (Å²) in [5, 5.41) is 0. The Morgan fingerprint density at radius 2 is 1.60 bits per heavy atom. The van der Waals surface area contributed by atoms with Gasteiger partial charge in [0.05, 0.1) is 33.7 Å². The number of rotatable bonds is 4. The number of aromatic amines is 2. The van der Waals surface area contributed by atoms with Gasteiger partial charge in [-0.25, -0.2) is 4.98 Å². The summed E-state index contributed by atoms with van der Waals surface area (Å²) in [7, 11) is 0. The fraction of sp³-hybridized carbons (Fsp3) is 0.424. The highest BCUT2D eigenvalue weighted by Gasteiger charge is 2.40. The van der Waals surface area contributed by atoms with Crippen LogP contribution in [0.3, 0.4) is 0 Å². The molecule has 0 radical (unpaired) electrons. The molecule has 0 spiro atoms. The van der Waals surface area contributed by atoms with Crippen LogP contribution in [0.4, 0.5) is 0 Å². The van der Waals surface area contributed by atoms with Crippen LogP contribution in [0.5, 0.6) is 0 Å². The lowest BCUT2D eigenvalue weighted by molar-refractivity contribution is -0.111. The topological polar surface area (TPSA) is 109 Å². The molecule has 8 bridgehead atoms. The second-order valence-electron chi connectivity index (χ2n) is 11.8. The second-order valence-corrected chi connectivity index (χ2v) is 11.8. The molecule has 40 heavy (non-hydrogen) atoms. The van der Waals surface area contributed by atoms with Crippen LogP contribution in [-0.4, -0.2) is 37.3 Å². The van der Waals surface area contributed by atoms with Crippen molar-refractivity contribution < 1.29 is 14.4 Å². The van der Waals surface area contributed by atoms with Gasteiger partial charge >= 0.3 is 0 Å². The van der Waals surface area contributed by atoms with Gasteiger partial charge in [0, 0.05) is 51.8 Å². The standard InChI is InChI=1S/C33H36N4O3/c1-8-10-20-15(4)22-11-23-16(5)27(18(7)38)26(35-23)13-21-14(3)19(9-2)25(34-21)12-24-17(6)28-31(37-24)29(30(20)36-22)33(40)32(28)39/h11-15,19-20,34,37H,8-10H2,1-7H3. The minimum Gasteiger partial charge on any atom is -0.362 e. The van der Waals surface area contributed by atoms with Crippen LogP contribution in [0.1, 0.15) is 145 Å². The van der Waals surface area contributed by atoms with Crippen LogP contribution in [0, 0.1) is 6.92 Å². The van der Waals surface area contributed by atoms with E-state index in [1.165, 1.54) is 0 Å². The Labute approximate surface area is 234 Å². The molecule has 4 aliphatic rings. The zero-order chi connectivity index (χ0) is 28.6. The van der Waals surface area contributed by atoms with Crippen molar-refractivity contribution in [3.8, 4) is 0 Å². The number of nitrogens with one attached hydrogen (secondary N) is 2. The van der Waals surface area contributed by atoms with Crippen LogP contribution < -0.4 is 0 Å². The molecule has 0 amide bonds. The maximum atomic E-state index is 13.5. The van der Waals surface area contributed by atoms with Gasteiger partial charge in [-0.15, -0.1) is 0 Å². The summed E-state index contributed by atoms with van der Waals surface area (Å²) in [5.41, 5.74) is 9.50. The van der Waals surface area contributed by atoms with E-state index in [1.807, 2.05) is 26.0 Å². The highest BCUT2D eigenvalue weighted by molar-refractivity contribution is 6.56. The largest absolute Gasteiger partial charge is 0.362 e. The Morgan fingerprint density at radius 3 is 2.27 bits per heavy atom. The number of Topliss-reactive ketones (excluding diaryl/α,β-unsaturated/α-hetero) is 3. The first-order valence-corrected chi connectivity index (χ1v) is 14.4. The number of H-pyrrole nitrogens is 2. The van der Waals surface area contributed by atoms with Gasteiger partial charge in [-0.05, 0) is 62.9 Å². The molecule has 7 nitrogen and oxygen atoms in total. The monoisotopic (exact) mass is 536 g/mol. The van der Waals surface area contributed by atoms with Crippen LogP contribution in [-0.2, 0) is 4.79 Å². The average molecular weight is 537 g/mol. The molecule has 0 saturated carbocycles. The van der Waals surface area contributed by atoms with Crippen molar-refractivity contribution in [2.24, 2.45) is 0 Å². The highest BCUT2D eigenvalue weighted by Crippen LogP contribution is 2.45. The number of carbonyl (C=O) groups is 3. The number of hydrogen-bond donors (Lipinski definition) is 2. The molecule has 2 N–H and O–H groups in total. The predicted molar refractivity (Wildman–Crippen MR) is 156 cm³/mol. The molecule has 2 aromatic rings. The van der Waals surface area contributed by atoms with E-state index in [0.717, 1.165) is 58.7 Å². The van der Waals surface area contributed by atoms with E-state index >= 15 is 0 Å². The molecular weight excluding hydrogens is 500 g/mol. The minimum absolute atomic E-state index is 0.00202. The number of fused-ring (bicyclic) bond motifs is 8. The Bertz CT molecular complexity index is 1740. The molecule has 0 saturated heterocycles. The summed E-state index contributed by atoms with van der Waals surface area (Å²) in [6.07, 6.45) is 2.69. The number of allylic oxidation sites excluding steroid dienone is 2. The van der Waals surface area contributed by atoms with Crippen LogP contribution in [0.2, 0.25) is 0 Å². The zero-order valence-electron chi connectivity index (χ0n) is 24.3. The van der Waals surface area contributed by atoms with Crippen molar-refractivity contribution in [1.82, 2.24) is 19.9 Å². The SMILES string of the molecule is CCCC1c2nc(cc3nc(cc4[nH]c(cc5[nH]c6c2C(=O)C(=O)c6c5C)C(CC)C4C)C(C(C)=O)=C3C)C1C. The lowest BCUT2D eigenvalue weighted by Gasteiger charge is -2.15. The van der Waals surface area contributed by atoms with Crippen LogP contribution in [0.25, 0.3) is 22.2 Å². The molecule has 206 valence electrons. The van der Waals surface area contributed by atoms with E-state index < -0.39 is 11.6 Å². The summed E-state index contributed by atoms with van der Waals surface area (Å²) in [4.78, 5) is 56.7. The Hall–Kier alpha value is -3.87. The van der Waals surface area contributed by atoms with E-state index in [-0.39, 0.29) is 29.5 Å². The fourth-order valence-corrected chi connectivity index (χ4v) is 7.15. The van der Waals surface area contributed by atoms with Crippen molar-refractivity contribution in [1.29, 1.82) is 0 Å². The third kappa shape index (κ3) is 3.66. The van der Waals surface area contributed by atoms with Gasteiger partial charge in [0.25, 0.3) is 0 Å². The third-order valence-electron chi connectivity index (χ3n) is 9.43. The molecule has 6 rings (SSSR count). The van der Waals surface area contributed by atoms with Crippen LogP contribution in [0.15, 0.2) is 18.2 Å². The first-order valence-electron chi connectivity index (χ1n) is 14.4.